The molecule has 0 aliphatic carbocycles. The first kappa shape index (κ1) is 25.6. The SMILES string of the molecule is CC(C)C(C)(CC(C)(C)C)C(=O)OCC(COC1CCCCO1)OC1CCCCO1. The Balaban J connectivity index is 1.95. The van der Waals surface area contributed by atoms with Gasteiger partial charge in [0.15, 0.2) is 12.6 Å². The average molecular weight is 429 g/mol. The van der Waals surface area contributed by atoms with Gasteiger partial charge in [-0.05, 0) is 63.2 Å². The summed E-state index contributed by atoms with van der Waals surface area (Å²) in [7, 11) is 0. The van der Waals surface area contributed by atoms with Crippen LogP contribution < -0.4 is 0 Å². The molecule has 2 rings (SSSR count). The third-order valence-electron chi connectivity index (χ3n) is 6.13. The van der Waals surface area contributed by atoms with Gasteiger partial charge in [0.1, 0.15) is 12.7 Å². The highest BCUT2D eigenvalue weighted by atomic mass is 16.7. The predicted molar refractivity (Wildman–Crippen MR) is 116 cm³/mol. The van der Waals surface area contributed by atoms with Crippen LogP contribution in [0.4, 0.5) is 0 Å². The molecule has 0 aromatic heterocycles. The Morgan fingerprint density at radius 2 is 1.53 bits per heavy atom. The second kappa shape index (κ2) is 11.8. The monoisotopic (exact) mass is 428 g/mol. The normalized spacial score (nSPS) is 26.2. The lowest BCUT2D eigenvalue weighted by Crippen LogP contribution is -2.41. The van der Waals surface area contributed by atoms with Crippen molar-refractivity contribution in [3.63, 3.8) is 0 Å². The van der Waals surface area contributed by atoms with Crippen molar-refractivity contribution in [2.24, 2.45) is 16.7 Å². The van der Waals surface area contributed by atoms with E-state index in [4.69, 9.17) is 23.7 Å². The maximum atomic E-state index is 13.1. The van der Waals surface area contributed by atoms with E-state index in [0.717, 1.165) is 51.6 Å². The van der Waals surface area contributed by atoms with Crippen LogP contribution in [0.3, 0.4) is 0 Å². The van der Waals surface area contributed by atoms with Crippen LogP contribution in [-0.2, 0) is 28.5 Å². The number of rotatable bonds is 10. The van der Waals surface area contributed by atoms with Gasteiger partial charge >= 0.3 is 5.97 Å². The molecule has 0 amide bonds. The zero-order valence-corrected chi connectivity index (χ0v) is 20.0. The lowest BCUT2D eigenvalue weighted by atomic mass is 9.69. The van der Waals surface area contributed by atoms with Crippen LogP contribution in [0.5, 0.6) is 0 Å². The van der Waals surface area contributed by atoms with E-state index in [1.807, 2.05) is 6.92 Å². The van der Waals surface area contributed by atoms with Gasteiger partial charge in [0.25, 0.3) is 0 Å². The highest BCUT2D eigenvalue weighted by Gasteiger charge is 2.41. The minimum atomic E-state index is -0.544. The summed E-state index contributed by atoms with van der Waals surface area (Å²) in [5, 5.41) is 0. The summed E-state index contributed by atoms with van der Waals surface area (Å²) < 4.78 is 29.3. The number of carbonyl (C=O) groups excluding carboxylic acids is 1. The lowest BCUT2D eigenvalue weighted by molar-refractivity contribution is -0.232. The summed E-state index contributed by atoms with van der Waals surface area (Å²) in [6.45, 7) is 14.6. The fourth-order valence-corrected chi connectivity index (χ4v) is 4.16. The van der Waals surface area contributed by atoms with E-state index in [2.05, 4.69) is 34.6 Å². The Hall–Kier alpha value is -0.690. The summed E-state index contributed by atoms with van der Waals surface area (Å²) in [6, 6.07) is 0. The highest BCUT2D eigenvalue weighted by Crippen LogP contribution is 2.40. The third-order valence-corrected chi connectivity index (χ3v) is 6.13. The Kier molecular flexibility index (Phi) is 10.1. The Labute approximate surface area is 183 Å². The number of hydrogen-bond donors (Lipinski definition) is 0. The van der Waals surface area contributed by atoms with Crippen LogP contribution in [0.2, 0.25) is 0 Å². The zero-order chi connectivity index (χ0) is 22.2. The van der Waals surface area contributed by atoms with Crippen molar-refractivity contribution in [2.75, 3.05) is 26.4 Å². The second-order valence-electron chi connectivity index (χ2n) is 10.6. The molecular weight excluding hydrogens is 384 g/mol. The van der Waals surface area contributed by atoms with Gasteiger partial charge in [0.05, 0.1) is 12.0 Å². The standard InChI is InChI=1S/C24H44O6/c1-18(2)24(6,17-23(3,4)5)22(25)29-16-19(30-21-12-8-10-14-27-21)15-28-20-11-7-9-13-26-20/h18-21H,7-17H2,1-6H3. The van der Waals surface area contributed by atoms with Crippen LogP contribution in [-0.4, -0.2) is 51.1 Å². The molecule has 0 aromatic carbocycles. The molecule has 0 aromatic rings. The first-order chi connectivity index (χ1) is 14.1. The average Bonchev–Trinajstić information content (AvgIpc) is 2.69. The molecule has 4 atom stereocenters. The molecule has 176 valence electrons. The molecule has 2 aliphatic rings. The van der Waals surface area contributed by atoms with E-state index in [-0.39, 0.29) is 42.6 Å². The van der Waals surface area contributed by atoms with Crippen molar-refractivity contribution in [1.82, 2.24) is 0 Å². The van der Waals surface area contributed by atoms with E-state index in [1.165, 1.54) is 0 Å². The van der Waals surface area contributed by atoms with E-state index in [0.29, 0.717) is 13.2 Å². The molecule has 2 fully saturated rings. The topological polar surface area (TPSA) is 63.2 Å². The van der Waals surface area contributed by atoms with Gasteiger partial charge in [-0.25, -0.2) is 0 Å². The van der Waals surface area contributed by atoms with Crippen LogP contribution >= 0.6 is 0 Å². The second-order valence-corrected chi connectivity index (χ2v) is 10.6. The predicted octanol–water partition coefficient (Wildman–Crippen LogP) is 5.08. The van der Waals surface area contributed by atoms with E-state index < -0.39 is 5.41 Å². The summed E-state index contributed by atoms with van der Waals surface area (Å²) in [6.07, 6.45) is 6.02. The quantitative estimate of drug-likeness (QED) is 0.452. The Bertz CT molecular complexity index is 502. The maximum Gasteiger partial charge on any atom is 0.312 e. The first-order valence-corrected chi connectivity index (χ1v) is 11.8. The molecule has 2 saturated heterocycles. The fraction of sp³-hybridized carbons (Fsp3) is 0.958. The van der Waals surface area contributed by atoms with E-state index in [1.54, 1.807) is 0 Å². The molecule has 0 N–H and O–H groups in total. The molecule has 0 saturated carbocycles. The molecule has 4 unspecified atom stereocenters. The van der Waals surface area contributed by atoms with Gasteiger partial charge in [-0.15, -0.1) is 0 Å². The Morgan fingerprint density at radius 3 is 2.03 bits per heavy atom. The van der Waals surface area contributed by atoms with Crippen molar-refractivity contribution in [1.29, 1.82) is 0 Å². The Morgan fingerprint density at radius 1 is 0.933 bits per heavy atom. The molecule has 0 bridgehead atoms. The maximum absolute atomic E-state index is 13.1. The number of carbonyl (C=O) groups is 1. The third kappa shape index (κ3) is 8.45. The van der Waals surface area contributed by atoms with Crippen LogP contribution in [0.1, 0.15) is 86.5 Å². The largest absolute Gasteiger partial charge is 0.462 e. The zero-order valence-electron chi connectivity index (χ0n) is 20.0. The molecule has 0 spiro atoms. The van der Waals surface area contributed by atoms with Crippen LogP contribution in [0, 0.1) is 16.7 Å². The molecule has 6 heteroatoms. The van der Waals surface area contributed by atoms with Crippen molar-refractivity contribution in [2.45, 2.75) is 105 Å². The summed E-state index contributed by atoms with van der Waals surface area (Å²) >= 11 is 0. The lowest BCUT2D eigenvalue weighted by Gasteiger charge is -2.37. The van der Waals surface area contributed by atoms with Gasteiger partial charge in [0, 0.05) is 13.2 Å². The molecule has 2 aliphatic heterocycles. The summed E-state index contributed by atoms with van der Waals surface area (Å²) in [5.41, 5.74) is -0.511. The smallest absolute Gasteiger partial charge is 0.312 e. The molecule has 30 heavy (non-hydrogen) atoms. The van der Waals surface area contributed by atoms with Gasteiger partial charge in [-0.3, -0.25) is 4.79 Å². The minimum Gasteiger partial charge on any atom is -0.462 e. The summed E-state index contributed by atoms with van der Waals surface area (Å²) in [4.78, 5) is 13.1. The van der Waals surface area contributed by atoms with Crippen molar-refractivity contribution in [3.8, 4) is 0 Å². The van der Waals surface area contributed by atoms with E-state index >= 15 is 0 Å². The number of ether oxygens (including phenoxy) is 5. The fourth-order valence-electron chi connectivity index (χ4n) is 4.16. The van der Waals surface area contributed by atoms with Gasteiger partial charge in [0.2, 0.25) is 0 Å². The van der Waals surface area contributed by atoms with Gasteiger partial charge < -0.3 is 23.7 Å². The van der Waals surface area contributed by atoms with Crippen molar-refractivity contribution < 1.29 is 28.5 Å². The number of hydrogen-bond acceptors (Lipinski definition) is 6. The molecule has 0 radical (unpaired) electrons. The molecular formula is C24H44O6. The van der Waals surface area contributed by atoms with Crippen molar-refractivity contribution >= 4 is 5.97 Å². The number of esters is 1. The van der Waals surface area contributed by atoms with Crippen LogP contribution in [0.15, 0.2) is 0 Å². The van der Waals surface area contributed by atoms with E-state index in [9.17, 15) is 4.79 Å². The van der Waals surface area contributed by atoms with Crippen LogP contribution in [0.25, 0.3) is 0 Å². The first-order valence-electron chi connectivity index (χ1n) is 11.8. The molecule has 6 nitrogen and oxygen atoms in total. The minimum absolute atomic E-state index is 0.0330. The highest BCUT2D eigenvalue weighted by molar-refractivity contribution is 5.76. The molecule has 2 heterocycles. The van der Waals surface area contributed by atoms with Crippen molar-refractivity contribution in [3.05, 3.63) is 0 Å². The van der Waals surface area contributed by atoms with Gasteiger partial charge in [-0.2, -0.15) is 0 Å². The van der Waals surface area contributed by atoms with Gasteiger partial charge in [-0.1, -0.05) is 34.6 Å². The summed E-state index contributed by atoms with van der Waals surface area (Å²) in [5.74, 6) is 0.0108.